The summed E-state index contributed by atoms with van der Waals surface area (Å²) in [6.07, 6.45) is 6.94. The summed E-state index contributed by atoms with van der Waals surface area (Å²) < 4.78 is 0. The summed E-state index contributed by atoms with van der Waals surface area (Å²) in [5, 5.41) is 10.2. The van der Waals surface area contributed by atoms with Gasteiger partial charge in [-0.05, 0) is 12.2 Å². The van der Waals surface area contributed by atoms with Crippen LogP contribution < -0.4 is 0 Å². The highest BCUT2D eigenvalue weighted by atomic mass is 15.3. The molecule has 0 aliphatic heterocycles. The molecule has 1 aromatic rings. The van der Waals surface area contributed by atoms with Crippen molar-refractivity contribution in [3.63, 3.8) is 0 Å². The molecule has 0 unspecified atom stereocenters. The molecule has 0 saturated heterocycles. The van der Waals surface area contributed by atoms with E-state index in [0.29, 0.717) is 0 Å². The highest BCUT2D eigenvalue weighted by Gasteiger charge is 1.97. The lowest BCUT2D eigenvalue weighted by atomic mass is 10.3. The molecule has 56 valence electrons. The summed E-state index contributed by atoms with van der Waals surface area (Å²) in [6, 6.07) is 0. The van der Waals surface area contributed by atoms with Crippen LogP contribution in [0.2, 0.25) is 0 Å². The van der Waals surface area contributed by atoms with Crippen LogP contribution in [0.15, 0.2) is 25.3 Å². The van der Waals surface area contributed by atoms with Crippen LogP contribution >= 0.6 is 0 Å². The number of nitrogens with zero attached hydrogens (tertiary/aromatic N) is 2. The lowest BCUT2D eigenvalue weighted by Gasteiger charge is -1.82. The van der Waals surface area contributed by atoms with Gasteiger partial charge in [-0.3, -0.25) is 0 Å². The third kappa shape index (κ3) is 1.64. The molecule has 1 heterocycles. The highest BCUT2D eigenvalue weighted by molar-refractivity contribution is 5.58. The molecule has 0 aliphatic rings. The second-order valence-corrected chi connectivity index (χ2v) is 1.89. The van der Waals surface area contributed by atoms with E-state index in [2.05, 4.69) is 28.6 Å². The normalized spacial score (nSPS) is 10.2. The van der Waals surface area contributed by atoms with Crippen molar-refractivity contribution in [2.45, 2.75) is 0 Å². The van der Waals surface area contributed by atoms with E-state index in [1.165, 1.54) is 0 Å². The standard InChI is InChI=1S/C8H9N3/c1-3-5-6-8-7(4-2)9-11-10-8/h3-6H,1-2H2,(H,9,10,11)/b6-5-. The van der Waals surface area contributed by atoms with Crippen molar-refractivity contribution in [3.8, 4) is 0 Å². The van der Waals surface area contributed by atoms with Gasteiger partial charge in [-0.1, -0.05) is 25.3 Å². The van der Waals surface area contributed by atoms with E-state index in [1.807, 2.05) is 6.08 Å². The van der Waals surface area contributed by atoms with Crippen molar-refractivity contribution in [1.82, 2.24) is 15.4 Å². The fourth-order valence-corrected chi connectivity index (χ4v) is 0.679. The first-order chi connectivity index (χ1) is 5.38. The van der Waals surface area contributed by atoms with Gasteiger partial charge in [-0.2, -0.15) is 15.4 Å². The number of hydrogen-bond donors (Lipinski definition) is 1. The van der Waals surface area contributed by atoms with E-state index in [1.54, 1.807) is 18.2 Å². The minimum Gasteiger partial charge on any atom is -0.197 e. The Morgan fingerprint density at radius 2 is 1.91 bits per heavy atom. The number of rotatable bonds is 3. The van der Waals surface area contributed by atoms with E-state index in [0.717, 1.165) is 11.4 Å². The van der Waals surface area contributed by atoms with E-state index >= 15 is 0 Å². The Labute approximate surface area is 65.1 Å². The molecule has 0 amide bonds. The van der Waals surface area contributed by atoms with Crippen LogP contribution in [-0.2, 0) is 0 Å². The smallest absolute Gasteiger partial charge is 0.112 e. The van der Waals surface area contributed by atoms with Crippen LogP contribution in [0.3, 0.4) is 0 Å². The van der Waals surface area contributed by atoms with E-state index in [4.69, 9.17) is 0 Å². The molecule has 0 atom stereocenters. The van der Waals surface area contributed by atoms with E-state index in [-0.39, 0.29) is 0 Å². The number of aromatic nitrogens is 3. The second-order valence-electron chi connectivity index (χ2n) is 1.89. The molecule has 1 N–H and O–H groups in total. The molecule has 0 saturated carbocycles. The number of aromatic amines is 1. The Kier molecular flexibility index (Phi) is 2.38. The first-order valence-corrected chi connectivity index (χ1v) is 3.20. The molecule has 1 rings (SSSR count). The van der Waals surface area contributed by atoms with Crippen molar-refractivity contribution in [1.29, 1.82) is 0 Å². The number of hydrogen-bond acceptors (Lipinski definition) is 2. The summed E-state index contributed by atoms with van der Waals surface area (Å²) in [7, 11) is 0. The van der Waals surface area contributed by atoms with Crippen LogP contribution in [0.4, 0.5) is 0 Å². The Hall–Kier alpha value is -1.64. The largest absolute Gasteiger partial charge is 0.197 e. The molecule has 0 bridgehead atoms. The first kappa shape index (κ1) is 7.47. The van der Waals surface area contributed by atoms with Crippen LogP contribution in [0.1, 0.15) is 11.4 Å². The molecule has 3 nitrogen and oxygen atoms in total. The van der Waals surface area contributed by atoms with Crippen LogP contribution in [-0.4, -0.2) is 15.4 Å². The maximum Gasteiger partial charge on any atom is 0.112 e. The van der Waals surface area contributed by atoms with Crippen molar-refractivity contribution < 1.29 is 0 Å². The van der Waals surface area contributed by atoms with Gasteiger partial charge in [0.15, 0.2) is 0 Å². The van der Waals surface area contributed by atoms with Gasteiger partial charge in [0.05, 0.1) is 0 Å². The van der Waals surface area contributed by atoms with Gasteiger partial charge in [-0.25, -0.2) is 0 Å². The summed E-state index contributed by atoms with van der Waals surface area (Å²) in [5.74, 6) is 0. The van der Waals surface area contributed by atoms with Crippen LogP contribution in [0.25, 0.3) is 12.2 Å². The number of allylic oxidation sites excluding steroid dienone is 2. The van der Waals surface area contributed by atoms with E-state index < -0.39 is 0 Å². The molecule has 0 fully saturated rings. The van der Waals surface area contributed by atoms with Gasteiger partial charge in [0.25, 0.3) is 0 Å². The summed E-state index contributed by atoms with van der Waals surface area (Å²) in [6.45, 7) is 7.13. The lowest BCUT2D eigenvalue weighted by molar-refractivity contribution is 0.934. The molecular formula is C8H9N3. The Balaban J connectivity index is 2.92. The predicted octanol–water partition coefficient (Wildman–Crippen LogP) is 1.65. The Morgan fingerprint density at radius 1 is 1.18 bits per heavy atom. The molecule has 11 heavy (non-hydrogen) atoms. The third-order valence-electron chi connectivity index (χ3n) is 1.19. The highest BCUT2D eigenvalue weighted by Crippen LogP contribution is 2.03. The number of nitrogens with one attached hydrogen (secondary N) is 1. The predicted molar refractivity (Wildman–Crippen MR) is 45.7 cm³/mol. The van der Waals surface area contributed by atoms with Gasteiger partial charge in [-0.15, -0.1) is 0 Å². The molecule has 3 heteroatoms. The average molecular weight is 147 g/mol. The van der Waals surface area contributed by atoms with Gasteiger partial charge in [0, 0.05) is 0 Å². The quantitative estimate of drug-likeness (QED) is 0.660. The molecule has 0 radical (unpaired) electrons. The topological polar surface area (TPSA) is 41.6 Å². The zero-order chi connectivity index (χ0) is 8.10. The lowest BCUT2D eigenvalue weighted by Crippen LogP contribution is -1.74. The Bertz CT molecular complexity index is 283. The average Bonchev–Trinajstić information content (AvgIpc) is 2.47. The summed E-state index contributed by atoms with van der Waals surface area (Å²) in [5.41, 5.74) is 1.53. The van der Waals surface area contributed by atoms with Gasteiger partial charge < -0.3 is 0 Å². The van der Waals surface area contributed by atoms with Crippen molar-refractivity contribution in [2.75, 3.05) is 0 Å². The van der Waals surface area contributed by atoms with Gasteiger partial charge >= 0.3 is 0 Å². The first-order valence-electron chi connectivity index (χ1n) is 3.20. The fourth-order valence-electron chi connectivity index (χ4n) is 0.679. The van der Waals surface area contributed by atoms with Gasteiger partial charge in [0.2, 0.25) is 0 Å². The van der Waals surface area contributed by atoms with Crippen LogP contribution in [0.5, 0.6) is 0 Å². The number of H-pyrrole nitrogens is 1. The molecule has 1 aromatic heterocycles. The van der Waals surface area contributed by atoms with Gasteiger partial charge in [0.1, 0.15) is 11.4 Å². The Morgan fingerprint density at radius 3 is 2.55 bits per heavy atom. The molecule has 0 aromatic carbocycles. The van der Waals surface area contributed by atoms with Crippen molar-refractivity contribution >= 4 is 12.2 Å². The molecular weight excluding hydrogens is 138 g/mol. The van der Waals surface area contributed by atoms with E-state index in [9.17, 15) is 0 Å². The minimum absolute atomic E-state index is 0.753. The second kappa shape index (κ2) is 3.51. The fraction of sp³-hybridized carbons (Fsp3) is 0. The zero-order valence-electron chi connectivity index (χ0n) is 6.12. The monoisotopic (exact) mass is 147 g/mol. The third-order valence-corrected chi connectivity index (χ3v) is 1.19. The molecule has 0 spiro atoms. The summed E-state index contributed by atoms with van der Waals surface area (Å²) >= 11 is 0. The van der Waals surface area contributed by atoms with Crippen molar-refractivity contribution in [2.24, 2.45) is 0 Å². The molecule has 0 aliphatic carbocycles. The summed E-state index contributed by atoms with van der Waals surface area (Å²) in [4.78, 5) is 0. The zero-order valence-corrected chi connectivity index (χ0v) is 6.12. The maximum atomic E-state index is 3.88. The maximum absolute atomic E-state index is 3.88. The SMILES string of the molecule is C=C/C=C\c1n[nH]nc1C=C. The van der Waals surface area contributed by atoms with Crippen molar-refractivity contribution in [3.05, 3.63) is 36.7 Å². The minimum atomic E-state index is 0.753. The van der Waals surface area contributed by atoms with Crippen LogP contribution in [0, 0.1) is 0 Å².